The van der Waals surface area contributed by atoms with Crippen molar-refractivity contribution < 1.29 is 5.11 Å². The Morgan fingerprint density at radius 3 is 2.50 bits per heavy atom. The third-order valence-corrected chi connectivity index (χ3v) is 2.28. The van der Waals surface area contributed by atoms with Crippen molar-refractivity contribution in [3.63, 3.8) is 0 Å². The first-order valence-electron chi connectivity index (χ1n) is 5.22. The van der Waals surface area contributed by atoms with Gasteiger partial charge < -0.3 is 10.4 Å². The van der Waals surface area contributed by atoms with Crippen molar-refractivity contribution in [2.45, 2.75) is 38.8 Å². The van der Waals surface area contributed by atoms with Crippen LogP contribution in [0.4, 0.5) is 5.69 Å². The predicted octanol–water partition coefficient (Wildman–Crippen LogP) is 2.65. The third-order valence-electron chi connectivity index (χ3n) is 2.28. The van der Waals surface area contributed by atoms with Gasteiger partial charge >= 0.3 is 0 Å². The highest BCUT2D eigenvalue weighted by molar-refractivity contribution is 5.43. The van der Waals surface area contributed by atoms with Gasteiger partial charge in [0.25, 0.3) is 0 Å². The molecule has 0 unspecified atom stereocenters. The summed E-state index contributed by atoms with van der Waals surface area (Å²) in [6.45, 7) is 4.09. The molecular formula is C12H19NO. The maximum Gasteiger partial charge on any atom is 0.0557 e. The summed E-state index contributed by atoms with van der Waals surface area (Å²) in [5.41, 5.74) is 1.11. The van der Waals surface area contributed by atoms with Crippen LogP contribution in [0.1, 0.15) is 26.7 Å². The second-order valence-electron chi connectivity index (χ2n) is 3.71. The van der Waals surface area contributed by atoms with Crippen LogP contribution in [-0.2, 0) is 0 Å². The Kier molecular flexibility index (Phi) is 4.47. The van der Waals surface area contributed by atoms with E-state index in [1.165, 1.54) is 0 Å². The van der Waals surface area contributed by atoms with Gasteiger partial charge in [-0.3, -0.25) is 0 Å². The van der Waals surface area contributed by atoms with Gasteiger partial charge in [0.05, 0.1) is 6.10 Å². The van der Waals surface area contributed by atoms with Gasteiger partial charge in [-0.2, -0.15) is 0 Å². The molecule has 0 heterocycles. The minimum Gasteiger partial charge on any atom is -0.393 e. The molecule has 0 aliphatic carbocycles. The molecule has 0 radical (unpaired) electrons. The average Bonchev–Trinajstić information content (AvgIpc) is 2.19. The highest BCUT2D eigenvalue weighted by atomic mass is 16.3. The van der Waals surface area contributed by atoms with Crippen molar-refractivity contribution in [2.75, 3.05) is 5.32 Å². The number of anilines is 1. The van der Waals surface area contributed by atoms with E-state index in [9.17, 15) is 5.11 Å². The van der Waals surface area contributed by atoms with Crippen molar-refractivity contribution in [3.05, 3.63) is 30.3 Å². The van der Waals surface area contributed by atoms with E-state index in [0.717, 1.165) is 18.5 Å². The SMILES string of the molecule is CC[C@@H](O)C[C@@H](C)Nc1ccccc1. The first-order chi connectivity index (χ1) is 6.72. The summed E-state index contributed by atoms with van der Waals surface area (Å²) in [4.78, 5) is 0. The summed E-state index contributed by atoms with van der Waals surface area (Å²) >= 11 is 0. The second-order valence-corrected chi connectivity index (χ2v) is 3.71. The normalized spacial score (nSPS) is 14.8. The Morgan fingerprint density at radius 1 is 1.29 bits per heavy atom. The lowest BCUT2D eigenvalue weighted by Crippen LogP contribution is -2.21. The number of aliphatic hydroxyl groups excluding tert-OH is 1. The van der Waals surface area contributed by atoms with Crippen LogP contribution >= 0.6 is 0 Å². The molecule has 14 heavy (non-hydrogen) atoms. The molecule has 78 valence electrons. The van der Waals surface area contributed by atoms with Gasteiger partial charge in [-0.25, -0.2) is 0 Å². The zero-order chi connectivity index (χ0) is 10.4. The Balaban J connectivity index is 2.37. The van der Waals surface area contributed by atoms with Crippen LogP contribution in [-0.4, -0.2) is 17.3 Å². The molecule has 0 saturated carbocycles. The summed E-state index contributed by atoms with van der Waals surface area (Å²) in [6, 6.07) is 10.4. The van der Waals surface area contributed by atoms with E-state index in [1.807, 2.05) is 37.3 Å². The van der Waals surface area contributed by atoms with Crippen molar-refractivity contribution in [2.24, 2.45) is 0 Å². The fourth-order valence-corrected chi connectivity index (χ4v) is 1.45. The van der Waals surface area contributed by atoms with Crippen LogP contribution in [0.3, 0.4) is 0 Å². The van der Waals surface area contributed by atoms with E-state index in [2.05, 4.69) is 12.2 Å². The number of benzene rings is 1. The van der Waals surface area contributed by atoms with Gasteiger partial charge in [0.2, 0.25) is 0 Å². The molecule has 0 aromatic heterocycles. The van der Waals surface area contributed by atoms with E-state index in [1.54, 1.807) is 0 Å². The number of hydrogen-bond donors (Lipinski definition) is 2. The first-order valence-corrected chi connectivity index (χ1v) is 5.22. The average molecular weight is 193 g/mol. The standard InChI is InChI=1S/C12H19NO/c1-3-12(14)9-10(2)13-11-7-5-4-6-8-11/h4-8,10,12-14H,3,9H2,1-2H3/t10-,12-/m1/s1. The summed E-state index contributed by atoms with van der Waals surface area (Å²) in [5, 5.41) is 12.8. The second kappa shape index (κ2) is 5.66. The van der Waals surface area contributed by atoms with Crippen molar-refractivity contribution in [3.8, 4) is 0 Å². The van der Waals surface area contributed by atoms with E-state index < -0.39 is 0 Å². The fourth-order valence-electron chi connectivity index (χ4n) is 1.45. The number of rotatable bonds is 5. The maximum atomic E-state index is 9.47. The largest absolute Gasteiger partial charge is 0.393 e. The molecule has 0 spiro atoms. The fraction of sp³-hybridized carbons (Fsp3) is 0.500. The highest BCUT2D eigenvalue weighted by Crippen LogP contribution is 2.10. The smallest absolute Gasteiger partial charge is 0.0557 e. The molecule has 0 fully saturated rings. The summed E-state index contributed by atoms with van der Waals surface area (Å²) in [6.07, 6.45) is 1.42. The summed E-state index contributed by atoms with van der Waals surface area (Å²) in [5.74, 6) is 0. The van der Waals surface area contributed by atoms with E-state index >= 15 is 0 Å². The third kappa shape index (κ3) is 3.79. The minimum atomic E-state index is -0.193. The van der Waals surface area contributed by atoms with Crippen LogP contribution in [0.15, 0.2) is 30.3 Å². The summed E-state index contributed by atoms with van der Waals surface area (Å²) < 4.78 is 0. The molecule has 0 bridgehead atoms. The Bertz CT molecular complexity index is 248. The minimum absolute atomic E-state index is 0.193. The van der Waals surface area contributed by atoms with E-state index in [4.69, 9.17) is 0 Å². The van der Waals surface area contributed by atoms with Gasteiger partial charge in [0, 0.05) is 11.7 Å². The monoisotopic (exact) mass is 193 g/mol. The molecule has 0 amide bonds. The topological polar surface area (TPSA) is 32.3 Å². The van der Waals surface area contributed by atoms with Crippen LogP contribution in [0.2, 0.25) is 0 Å². The van der Waals surface area contributed by atoms with Crippen LogP contribution in [0.25, 0.3) is 0 Å². The van der Waals surface area contributed by atoms with Gasteiger partial charge in [0.1, 0.15) is 0 Å². The number of para-hydroxylation sites is 1. The van der Waals surface area contributed by atoms with Crippen molar-refractivity contribution >= 4 is 5.69 Å². The molecule has 1 aromatic rings. The summed E-state index contributed by atoms with van der Waals surface area (Å²) in [7, 11) is 0. The lowest BCUT2D eigenvalue weighted by Gasteiger charge is -2.17. The Hall–Kier alpha value is -1.02. The van der Waals surface area contributed by atoms with Crippen LogP contribution < -0.4 is 5.32 Å². The van der Waals surface area contributed by atoms with Crippen molar-refractivity contribution in [1.29, 1.82) is 0 Å². The number of nitrogens with one attached hydrogen (secondary N) is 1. The van der Waals surface area contributed by atoms with Crippen LogP contribution in [0, 0.1) is 0 Å². The molecule has 0 aliphatic rings. The molecule has 2 heteroatoms. The molecule has 1 rings (SSSR count). The molecular weight excluding hydrogens is 174 g/mol. The molecule has 2 atom stereocenters. The number of hydrogen-bond acceptors (Lipinski definition) is 2. The molecule has 1 aromatic carbocycles. The van der Waals surface area contributed by atoms with Gasteiger partial charge in [-0.15, -0.1) is 0 Å². The number of aliphatic hydroxyl groups is 1. The molecule has 0 aliphatic heterocycles. The first kappa shape index (κ1) is 11.1. The maximum absolute atomic E-state index is 9.47. The Labute approximate surface area is 86.0 Å². The Morgan fingerprint density at radius 2 is 1.93 bits per heavy atom. The predicted molar refractivity (Wildman–Crippen MR) is 60.4 cm³/mol. The lowest BCUT2D eigenvalue weighted by atomic mass is 10.1. The van der Waals surface area contributed by atoms with E-state index in [0.29, 0.717) is 6.04 Å². The van der Waals surface area contributed by atoms with Gasteiger partial charge in [0.15, 0.2) is 0 Å². The van der Waals surface area contributed by atoms with Crippen LogP contribution in [0.5, 0.6) is 0 Å². The lowest BCUT2D eigenvalue weighted by molar-refractivity contribution is 0.156. The quantitative estimate of drug-likeness (QED) is 0.753. The van der Waals surface area contributed by atoms with Gasteiger partial charge in [-0.05, 0) is 31.9 Å². The molecule has 2 nitrogen and oxygen atoms in total. The zero-order valence-corrected chi connectivity index (χ0v) is 8.90. The highest BCUT2D eigenvalue weighted by Gasteiger charge is 2.07. The zero-order valence-electron chi connectivity index (χ0n) is 8.90. The molecule has 0 saturated heterocycles. The molecule has 2 N–H and O–H groups in total. The van der Waals surface area contributed by atoms with Gasteiger partial charge in [-0.1, -0.05) is 25.1 Å². The van der Waals surface area contributed by atoms with E-state index in [-0.39, 0.29) is 6.10 Å². The van der Waals surface area contributed by atoms with Crippen molar-refractivity contribution in [1.82, 2.24) is 0 Å².